The van der Waals surface area contributed by atoms with Crippen LogP contribution in [0.5, 0.6) is 0 Å². The van der Waals surface area contributed by atoms with Gasteiger partial charge in [-0.3, -0.25) is 9.59 Å². The number of allylic oxidation sites excluding steroid dienone is 8. The number of fused-ring (bicyclic) bond motifs is 6. The van der Waals surface area contributed by atoms with E-state index in [2.05, 4.69) is 79.3 Å². The predicted octanol–water partition coefficient (Wildman–Crippen LogP) is 0.207. The fourth-order valence-corrected chi connectivity index (χ4v) is 12.7. The third-order valence-corrected chi connectivity index (χ3v) is 17.1. The quantitative estimate of drug-likeness (QED) is 0.0108. The van der Waals surface area contributed by atoms with Crippen molar-refractivity contribution in [1.82, 2.24) is 10.2 Å². The summed E-state index contributed by atoms with van der Waals surface area (Å²) in [5, 5.41) is 17.7. The summed E-state index contributed by atoms with van der Waals surface area (Å²) < 4.78 is 97.5. The van der Waals surface area contributed by atoms with Crippen LogP contribution in [0.3, 0.4) is 0 Å². The first kappa shape index (κ1) is 75.6. The van der Waals surface area contributed by atoms with Crippen molar-refractivity contribution >= 4 is 82.7 Å². The molecule has 7 rings (SSSR count). The number of carbonyl (C=O) groups is 2. The van der Waals surface area contributed by atoms with E-state index in [9.17, 15) is 35.5 Å². The molecule has 0 unspecified atom stereocenters. The van der Waals surface area contributed by atoms with E-state index in [1.165, 1.54) is 23.1 Å². The Morgan fingerprint density at radius 2 is 1.55 bits per heavy atom. The molecular formula is C59H71K3N5O14S3+. The summed E-state index contributed by atoms with van der Waals surface area (Å²) in [7, 11) is -6.08. The molecule has 1 aliphatic carbocycles. The van der Waals surface area contributed by atoms with Crippen LogP contribution in [0.25, 0.3) is 26.4 Å². The van der Waals surface area contributed by atoms with Crippen LogP contribution < -0.4 is 164 Å². The molecule has 25 heteroatoms. The number of hydrogen-bond donors (Lipinski definition) is 2. The molecule has 0 radical (unpaired) electrons. The van der Waals surface area contributed by atoms with E-state index in [1.807, 2.05) is 39.1 Å². The largest absolute Gasteiger partial charge is 1.00 e. The molecule has 2 N–H and O–H groups in total. The van der Waals surface area contributed by atoms with Gasteiger partial charge in [-0.2, -0.15) is 4.58 Å². The summed E-state index contributed by atoms with van der Waals surface area (Å²) in [4.78, 5) is 32.2. The fraction of sp³-hybridized carbons (Fsp3) is 0.458. The van der Waals surface area contributed by atoms with Gasteiger partial charge >= 0.3 is 154 Å². The number of nitrogens with one attached hydrogen (secondary N) is 1. The van der Waals surface area contributed by atoms with Crippen molar-refractivity contribution in [1.29, 1.82) is 0 Å². The van der Waals surface area contributed by atoms with Crippen LogP contribution in [0, 0.1) is 12.6 Å². The summed E-state index contributed by atoms with van der Waals surface area (Å²) in [6.07, 6.45) is 16.7. The first-order chi connectivity index (χ1) is 38.6. The van der Waals surface area contributed by atoms with Crippen LogP contribution in [0.4, 0.5) is 11.4 Å². The molecule has 19 nitrogen and oxygen atoms in total. The fourth-order valence-electron chi connectivity index (χ4n) is 11.0. The summed E-state index contributed by atoms with van der Waals surface area (Å²) in [5.41, 5.74) is 6.27. The molecule has 0 spiro atoms. The van der Waals surface area contributed by atoms with Crippen molar-refractivity contribution in [3.8, 4) is 0 Å². The Balaban J connectivity index is 0.00000505. The zero-order valence-corrected chi connectivity index (χ0v) is 61.5. The van der Waals surface area contributed by atoms with Gasteiger partial charge in [-0.05, 0) is 115 Å². The average Bonchev–Trinajstić information content (AvgIpc) is 1.60. The maximum Gasteiger partial charge on any atom is 1.00 e. The molecule has 0 aromatic heterocycles. The van der Waals surface area contributed by atoms with Crippen molar-refractivity contribution in [2.45, 2.75) is 111 Å². The third-order valence-electron chi connectivity index (χ3n) is 14.9. The van der Waals surface area contributed by atoms with E-state index in [-0.39, 0.29) is 194 Å². The first-order valence-electron chi connectivity index (χ1n) is 27.0. The van der Waals surface area contributed by atoms with Crippen LogP contribution in [0.2, 0.25) is 0 Å². The maximum absolute atomic E-state index is 13.2. The molecule has 0 atom stereocenters. The smallest absolute Gasteiger partial charge is 0.752 e. The SMILES string of the molecule is [C-]#[N+]CCCOCCOCCOCCCNC(=O)CN(C)C(=O)CCCCCN1/C(=C/C=C2C=C(/C=C/C3=[N+](C)c4ccc5[c-]cc(S(=O)(=O)[O-])cc5c4C3(C)C)CCC/2)C(C)(C)c2c1ccc1c(S(=O)(=O)[O-])cc(SOOO)cc21.[K+].[K+].[K+]. The van der Waals surface area contributed by atoms with Gasteiger partial charge in [0, 0.05) is 72.9 Å². The van der Waals surface area contributed by atoms with Crippen LogP contribution in [-0.2, 0) is 64.2 Å². The normalized spacial score (nSPS) is 16.3. The van der Waals surface area contributed by atoms with Gasteiger partial charge < -0.3 is 43.3 Å². The van der Waals surface area contributed by atoms with Gasteiger partial charge in [-0.25, -0.2) is 28.7 Å². The molecule has 4 aromatic carbocycles. The van der Waals surface area contributed by atoms with Gasteiger partial charge in [0.1, 0.15) is 17.2 Å². The second kappa shape index (κ2) is 35.1. The minimum atomic E-state index is -4.97. The Morgan fingerprint density at radius 1 is 0.845 bits per heavy atom. The monoisotopic (exact) mass is 1290 g/mol. The van der Waals surface area contributed by atoms with E-state index in [1.54, 1.807) is 19.2 Å². The van der Waals surface area contributed by atoms with Crippen molar-refractivity contribution in [2.75, 3.05) is 84.8 Å². The van der Waals surface area contributed by atoms with Gasteiger partial charge in [0.05, 0.1) is 72.1 Å². The zero-order chi connectivity index (χ0) is 58.5. The van der Waals surface area contributed by atoms with E-state index in [0.717, 1.165) is 64.3 Å². The molecule has 2 amide bonds. The second-order valence-corrected chi connectivity index (χ2v) is 24.8. The average molecular weight is 1290 g/mol. The number of nitrogens with zero attached hydrogens (tertiary/aromatic N) is 4. The number of amides is 2. The van der Waals surface area contributed by atoms with Crippen LogP contribution >= 0.6 is 12.0 Å². The van der Waals surface area contributed by atoms with Gasteiger partial charge in [0.15, 0.2) is 11.4 Å². The number of anilines is 1. The third kappa shape index (κ3) is 19.8. The van der Waals surface area contributed by atoms with E-state index < -0.39 is 36.0 Å². The summed E-state index contributed by atoms with van der Waals surface area (Å²) >= 11 is 0.559. The minimum Gasteiger partial charge on any atom is -0.752 e. The van der Waals surface area contributed by atoms with Gasteiger partial charge in [0.2, 0.25) is 18.4 Å². The van der Waals surface area contributed by atoms with Crippen LogP contribution in [-0.4, -0.2) is 138 Å². The van der Waals surface area contributed by atoms with Crippen molar-refractivity contribution < 1.29 is 223 Å². The maximum atomic E-state index is 13.2. The number of rotatable bonds is 29. The summed E-state index contributed by atoms with van der Waals surface area (Å²) in [5.74, 6) is -0.415. The standard InChI is InChI=1S/C59H73N5O14S3.3K/c1-58(2)52(63(7)49-23-20-43-19-21-45(80(68,69)70)39-47(43)56(49)58)25-17-41-14-11-15-42(36-41)18-26-53-59(3,4)57-48-37-44(79-78-77-67)38-51(81(71,72)73)46(48)22-24-50(57)64(53)29-10-8-9-16-55(66)62(6)40-54(65)61-28-13-31-75-33-35-76-34-32-74-30-12-27-60-5;;;/h17-18,20-26,36-39,67H,8-16,27-35,40H2,1-4,6-7H3,(H,61,65)(H,68,69,70)(H,71,72,73);;;/q;3*+1/p-2. The molecular weight excluding hydrogens is 1220 g/mol. The topological polar surface area (TPSA) is 241 Å². The molecule has 4 aromatic rings. The van der Waals surface area contributed by atoms with Crippen LogP contribution in [0.1, 0.15) is 96.6 Å². The first-order valence-corrected chi connectivity index (χ1v) is 30.6. The molecule has 0 bridgehead atoms. The Bertz CT molecular complexity index is 3440. The second-order valence-electron chi connectivity index (χ2n) is 21.2. The van der Waals surface area contributed by atoms with E-state index in [0.29, 0.717) is 120 Å². The molecule has 0 fully saturated rings. The number of likely N-dealkylation sites (N-methyl/N-ethyl adjacent to an activating group) is 1. The summed E-state index contributed by atoms with van der Waals surface area (Å²) in [6.45, 7) is 19.1. The molecule has 0 saturated carbocycles. The molecule has 0 saturated heterocycles. The number of unbranched alkanes of at least 4 members (excludes halogenated alkanes) is 2. The van der Waals surface area contributed by atoms with Gasteiger partial charge in [-0.15, -0.1) is 34.0 Å². The Morgan fingerprint density at radius 3 is 2.23 bits per heavy atom. The minimum absolute atomic E-state index is 0. The predicted molar refractivity (Wildman–Crippen MR) is 307 cm³/mol. The number of hydrogen-bond acceptors (Lipinski definition) is 16. The molecule has 2 heterocycles. The molecule has 2 aliphatic heterocycles. The Labute approximate surface area is 626 Å². The van der Waals surface area contributed by atoms with Crippen molar-refractivity contribution in [3.05, 3.63) is 124 Å². The Hall–Kier alpha value is -0.901. The van der Waals surface area contributed by atoms with Crippen LogP contribution in [0.15, 0.2) is 110 Å². The number of ether oxygens (including phenoxy) is 3. The number of carbonyl (C=O) groups excluding carboxylic acids is 2. The van der Waals surface area contributed by atoms with Gasteiger partial charge in [0.25, 0.3) is 0 Å². The molecule has 3 aliphatic rings. The van der Waals surface area contributed by atoms with E-state index >= 15 is 0 Å². The molecule has 84 heavy (non-hydrogen) atoms. The van der Waals surface area contributed by atoms with E-state index in [4.69, 9.17) is 26.0 Å². The van der Waals surface area contributed by atoms with Gasteiger partial charge in [-0.1, -0.05) is 55.0 Å². The zero-order valence-electron chi connectivity index (χ0n) is 49.7. The molecule has 436 valence electrons. The summed E-state index contributed by atoms with van der Waals surface area (Å²) in [6, 6.07) is 15.9. The number of benzene rings is 4. The van der Waals surface area contributed by atoms with Crippen molar-refractivity contribution in [2.24, 2.45) is 0 Å². The van der Waals surface area contributed by atoms with Crippen molar-refractivity contribution in [3.63, 3.8) is 0 Å². The Kier molecular flexibility index (Phi) is 31.5.